The van der Waals surface area contributed by atoms with E-state index in [1.54, 1.807) is 21.9 Å². The van der Waals surface area contributed by atoms with Crippen LogP contribution in [-0.4, -0.2) is 52.8 Å². The largest absolute Gasteiger partial charge is 0.416 e. The third kappa shape index (κ3) is 3.84. The molecule has 0 radical (unpaired) electrons. The van der Waals surface area contributed by atoms with E-state index in [-0.39, 0.29) is 17.4 Å². The highest BCUT2D eigenvalue weighted by molar-refractivity contribution is 5.96. The molecule has 0 unspecified atom stereocenters. The first kappa shape index (κ1) is 17.9. The third-order valence-electron chi connectivity index (χ3n) is 4.24. The lowest BCUT2D eigenvalue weighted by molar-refractivity contribution is -0.137. The molecule has 1 fully saturated rings. The van der Waals surface area contributed by atoms with Gasteiger partial charge < -0.3 is 9.80 Å². The zero-order valence-electron chi connectivity index (χ0n) is 13.7. The van der Waals surface area contributed by atoms with E-state index < -0.39 is 11.7 Å². The fourth-order valence-electron chi connectivity index (χ4n) is 2.77. The van der Waals surface area contributed by atoms with Crippen molar-refractivity contribution in [2.24, 2.45) is 0 Å². The Hall–Kier alpha value is -2.90. The number of nitrogens with zero attached hydrogens (tertiary/aromatic N) is 3. The maximum atomic E-state index is 12.6. The van der Waals surface area contributed by atoms with Crippen LogP contribution in [0.3, 0.4) is 0 Å². The average molecular weight is 363 g/mol. The average Bonchev–Trinajstić information content (AvgIpc) is 2.67. The molecule has 0 N–H and O–H groups in total. The molecule has 5 nitrogen and oxygen atoms in total. The zero-order chi connectivity index (χ0) is 18.7. The maximum Gasteiger partial charge on any atom is 0.416 e. The summed E-state index contributed by atoms with van der Waals surface area (Å²) in [4.78, 5) is 31.9. The van der Waals surface area contributed by atoms with Crippen LogP contribution in [0.25, 0.3) is 0 Å². The van der Waals surface area contributed by atoms with Crippen molar-refractivity contribution < 1.29 is 22.8 Å². The molecule has 136 valence electrons. The Morgan fingerprint density at radius 3 is 1.62 bits per heavy atom. The molecule has 1 aliphatic heterocycles. The van der Waals surface area contributed by atoms with Gasteiger partial charge in [0.25, 0.3) is 11.8 Å². The molecule has 0 saturated carbocycles. The molecular weight excluding hydrogens is 347 g/mol. The maximum absolute atomic E-state index is 12.6. The Morgan fingerprint density at radius 2 is 1.19 bits per heavy atom. The van der Waals surface area contributed by atoms with Gasteiger partial charge in [-0.2, -0.15) is 13.2 Å². The highest BCUT2D eigenvalue weighted by Crippen LogP contribution is 2.29. The Morgan fingerprint density at radius 1 is 0.769 bits per heavy atom. The normalized spacial score (nSPS) is 15.0. The summed E-state index contributed by atoms with van der Waals surface area (Å²) in [5.41, 5.74) is -0.0590. The Bertz CT molecular complexity index is 784. The predicted octanol–water partition coefficient (Wildman–Crippen LogP) is 2.70. The van der Waals surface area contributed by atoms with Gasteiger partial charge in [0.15, 0.2) is 0 Å². The topological polar surface area (TPSA) is 53.5 Å². The van der Waals surface area contributed by atoms with Gasteiger partial charge in [0, 0.05) is 49.7 Å². The molecule has 2 heterocycles. The number of carbonyl (C=O) groups excluding carboxylic acids is 2. The van der Waals surface area contributed by atoms with Crippen molar-refractivity contribution in [3.63, 3.8) is 0 Å². The van der Waals surface area contributed by atoms with E-state index in [4.69, 9.17) is 0 Å². The number of rotatable bonds is 2. The van der Waals surface area contributed by atoms with Crippen LogP contribution in [0.4, 0.5) is 13.2 Å². The second kappa shape index (κ2) is 7.15. The van der Waals surface area contributed by atoms with E-state index in [9.17, 15) is 22.8 Å². The lowest BCUT2D eigenvalue weighted by Crippen LogP contribution is -2.50. The number of hydrogen-bond donors (Lipinski definition) is 0. The van der Waals surface area contributed by atoms with Gasteiger partial charge in [0.05, 0.1) is 5.56 Å². The van der Waals surface area contributed by atoms with Crippen molar-refractivity contribution in [2.75, 3.05) is 26.2 Å². The van der Waals surface area contributed by atoms with Crippen LogP contribution in [0.2, 0.25) is 0 Å². The monoisotopic (exact) mass is 363 g/mol. The fourth-order valence-corrected chi connectivity index (χ4v) is 2.77. The van der Waals surface area contributed by atoms with E-state index in [1.165, 1.54) is 24.5 Å². The highest BCUT2D eigenvalue weighted by atomic mass is 19.4. The van der Waals surface area contributed by atoms with E-state index in [1.807, 2.05) is 0 Å². The molecule has 0 aliphatic carbocycles. The lowest BCUT2D eigenvalue weighted by Gasteiger charge is -2.34. The van der Waals surface area contributed by atoms with E-state index >= 15 is 0 Å². The van der Waals surface area contributed by atoms with Crippen LogP contribution in [0.1, 0.15) is 26.3 Å². The molecule has 26 heavy (non-hydrogen) atoms. The second-order valence-electron chi connectivity index (χ2n) is 5.90. The minimum atomic E-state index is -4.43. The van der Waals surface area contributed by atoms with Gasteiger partial charge >= 0.3 is 6.18 Å². The zero-order valence-corrected chi connectivity index (χ0v) is 13.7. The fraction of sp³-hybridized carbons (Fsp3) is 0.278. The summed E-state index contributed by atoms with van der Waals surface area (Å²) < 4.78 is 37.8. The molecule has 0 atom stereocenters. The molecular formula is C18H16F3N3O2. The van der Waals surface area contributed by atoms with E-state index in [0.717, 1.165) is 12.1 Å². The van der Waals surface area contributed by atoms with Crippen LogP contribution < -0.4 is 0 Å². The summed E-state index contributed by atoms with van der Waals surface area (Å²) in [5, 5.41) is 0. The molecule has 1 saturated heterocycles. The van der Waals surface area contributed by atoms with Crippen molar-refractivity contribution in [3.8, 4) is 0 Å². The number of amides is 2. The van der Waals surface area contributed by atoms with Crippen LogP contribution in [0, 0.1) is 0 Å². The van der Waals surface area contributed by atoms with Crippen molar-refractivity contribution in [2.45, 2.75) is 6.18 Å². The second-order valence-corrected chi connectivity index (χ2v) is 5.90. The SMILES string of the molecule is O=C(c1ccncc1)N1CCN(C(=O)c2ccc(C(F)(F)F)cc2)CC1. The number of pyridine rings is 1. The van der Waals surface area contributed by atoms with Gasteiger partial charge in [-0.25, -0.2) is 0 Å². The van der Waals surface area contributed by atoms with Gasteiger partial charge in [0.2, 0.25) is 0 Å². The van der Waals surface area contributed by atoms with Gasteiger partial charge in [0.1, 0.15) is 0 Å². The molecule has 1 aliphatic rings. The molecule has 1 aromatic heterocycles. The summed E-state index contributed by atoms with van der Waals surface area (Å²) >= 11 is 0. The first-order valence-corrected chi connectivity index (χ1v) is 8.02. The molecule has 2 amide bonds. The van der Waals surface area contributed by atoms with Crippen molar-refractivity contribution in [3.05, 3.63) is 65.5 Å². The third-order valence-corrected chi connectivity index (χ3v) is 4.24. The van der Waals surface area contributed by atoms with Gasteiger partial charge in [-0.3, -0.25) is 14.6 Å². The number of halogens is 3. The van der Waals surface area contributed by atoms with Crippen molar-refractivity contribution in [1.29, 1.82) is 0 Å². The molecule has 2 aromatic rings. The predicted molar refractivity (Wildman–Crippen MR) is 87.5 cm³/mol. The molecule has 3 rings (SSSR count). The number of hydrogen-bond acceptors (Lipinski definition) is 3. The van der Waals surface area contributed by atoms with Crippen molar-refractivity contribution >= 4 is 11.8 Å². The quantitative estimate of drug-likeness (QED) is 0.824. The number of benzene rings is 1. The molecule has 1 aromatic carbocycles. The van der Waals surface area contributed by atoms with E-state index in [2.05, 4.69) is 4.98 Å². The molecule has 0 bridgehead atoms. The smallest absolute Gasteiger partial charge is 0.335 e. The number of piperazine rings is 1. The summed E-state index contributed by atoms with van der Waals surface area (Å²) in [5.74, 6) is -0.469. The highest BCUT2D eigenvalue weighted by Gasteiger charge is 2.31. The summed E-state index contributed by atoms with van der Waals surface area (Å²) in [6, 6.07) is 7.41. The van der Waals surface area contributed by atoms with Gasteiger partial charge in [-0.1, -0.05) is 0 Å². The summed E-state index contributed by atoms with van der Waals surface area (Å²) in [7, 11) is 0. The number of alkyl halides is 3. The van der Waals surface area contributed by atoms with E-state index in [0.29, 0.717) is 31.7 Å². The number of carbonyl (C=O) groups is 2. The first-order chi connectivity index (χ1) is 12.4. The Kier molecular flexibility index (Phi) is 4.92. The molecule has 8 heteroatoms. The van der Waals surface area contributed by atoms with Gasteiger partial charge in [-0.15, -0.1) is 0 Å². The lowest BCUT2D eigenvalue weighted by atomic mass is 10.1. The van der Waals surface area contributed by atoms with Crippen LogP contribution in [0.15, 0.2) is 48.8 Å². The minimum absolute atomic E-state index is 0.131. The molecule has 0 spiro atoms. The Labute approximate surface area is 148 Å². The standard InChI is InChI=1S/C18H16F3N3O2/c19-18(20,21)15-3-1-13(2-4-15)16(25)23-9-11-24(12-10-23)17(26)14-5-7-22-8-6-14/h1-8H,9-12H2. The summed E-state index contributed by atoms with van der Waals surface area (Å²) in [6.07, 6.45) is -1.35. The Balaban J connectivity index is 1.61. The summed E-state index contributed by atoms with van der Waals surface area (Å²) in [6.45, 7) is 1.40. The van der Waals surface area contributed by atoms with Gasteiger partial charge in [-0.05, 0) is 36.4 Å². The minimum Gasteiger partial charge on any atom is -0.335 e. The van der Waals surface area contributed by atoms with Crippen molar-refractivity contribution in [1.82, 2.24) is 14.8 Å². The first-order valence-electron chi connectivity index (χ1n) is 8.02. The van der Waals surface area contributed by atoms with Crippen LogP contribution >= 0.6 is 0 Å². The van der Waals surface area contributed by atoms with Crippen LogP contribution in [-0.2, 0) is 6.18 Å². The van der Waals surface area contributed by atoms with Crippen LogP contribution in [0.5, 0.6) is 0 Å². The number of aromatic nitrogens is 1.